The van der Waals surface area contributed by atoms with E-state index in [1.54, 1.807) is 7.11 Å². The van der Waals surface area contributed by atoms with E-state index in [2.05, 4.69) is 11.4 Å². The van der Waals surface area contributed by atoms with Gasteiger partial charge in [0, 0.05) is 13.7 Å². The zero-order valence-electron chi connectivity index (χ0n) is 11.1. The Morgan fingerprint density at radius 3 is 2.38 bits per heavy atom. The summed E-state index contributed by atoms with van der Waals surface area (Å²) in [6.07, 6.45) is 0.817. The summed E-state index contributed by atoms with van der Waals surface area (Å²) in [6.45, 7) is 9.62. The highest BCUT2D eigenvalue weighted by atomic mass is 16.5. The maximum absolute atomic E-state index is 9.00. The Hall–Kier alpha value is -0.630. The van der Waals surface area contributed by atoms with Gasteiger partial charge in [-0.25, -0.2) is 0 Å². The smallest absolute Gasteiger partial charge is 0.127 e. The molecule has 0 aliphatic heterocycles. The van der Waals surface area contributed by atoms with Crippen LogP contribution in [0.5, 0.6) is 0 Å². The molecule has 0 aromatic carbocycles. The number of likely N-dealkylation sites (N-methyl/N-ethyl adjacent to an activating group) is 1. The second kappa shape index (κ2) is 6.85. The van der Waals surface area contributed by atoms with E-state index in [0.717, 1.165) is 13.0 Å². The minimum atomic E-state index is -0.591. The van der Waals surface area contributed by atoms with E-state index in [1.165, 1.54) is 0 Å². The second-order valence-electron chi connectivity index (χ2n) is 4.74. The Labute approximate surface area is 98.9 Å². The highest BCUT2D eigenvalue weighted by Gasteiger charge is 2.23. The highest BCUT2D eigenvalue weighted by Crippen LogP contribution is 2.13. The third-order valence-electron chi connectivity index (χ3n) is 2.61. The van der Waals surface area contributed by atoms with Crippen LogP contribution >= 0.6 is 0 Å². The predicted octanol–water partition coefficient (Wildman–Crippen LogP) is 1.71. The zero-order chi connectivity index (χ0) is 12.7. The molecule has 0 amide bonds. The average molecular weight is 228 g/mol. The topological polar surface area (TPSA) is 54.3 Å². The summed E-state index contributed by atoms with van der Waals surface area (Å²) in [5.74, 6) is 0. The molecular formula is C12H24N2O2. The van der Waals surface area contributed by atoms with Crippen LogP contribution in [-0.4, -0.2) is 38.0 Å². The van der Waals surface area contributed by atoms with Gasteiger partial charge in [0.25, 0.3) is 0 Å². The fourth-order valence-corrected chi connectivity index (χ4v) is 1.21. The van der Waals surface area contributed by atoms with Crippen LogP contribution in [0.1, 0.15) is 34.1 Å². The Morgan fingerprint density at radius 1 is 1.31 bits per heavy atom. The first-order chi connectivity index (χ1) is 7.39. The largest absolute Gasteiger partial charge is 0.379 e. The molecule has 0 aromatic heterocycles. The van der Waals surface area contributed by atoms with Crippen molar-refractivity contribution < 1.29 is 9.47 Å². The van der Waals surface area contributed by atoms with E-state index < -0.39 is 5.54 Å². The molecule has 0 spiro atoms. The fourth-order valence-electron chi connectivity index (χ4n) is 1.21. The van der Waals surface area contributed by atoms with Gasteiger partial charge in [0.15, 0.2) is 0 Å². The van der Waals surface area contributed by atoms with Crippen molar-refractivity contribution >= 4 is 0 Å². The molecule has 1 unspecified atom stereocenters. The van der Waals surface area contributed by atoms with E-state index in [0.29, 0.717) is 13.2 Å². The molecule has 0 fully saturated rings. The van der Waals surface area contributed by atoms with Crippen molar-refractivity contribution in [3.8, 4) is 6.07 Å². The molecule has 1 atom stereocenters. The molecule has 0 aliphatic carbocycles. The molecule has 1 N–H and O–H groups in total. The Kier molecular flexibility index (Phi) is 6.58. The number of rotatable bonds is 8. The van der Waals surface area contributed by atoms with Crippen LogP contribution in [0.2, 0.25) is 0 Å². The van der Waals surface area contributed by atoms with Gasteiger partial charge < -0.3 is 9.47 Å². The van der Waals surface area contributed by atoms with Crippen LogP contribution in [0.4, 0.5) is 0 Å². The first kappa shape index (κ1) is 15.4. The molecule has 16 heavy (non-hydrogen) atoms. The van der Waals surface area contributed by atoms with Crippen molar-refractivity contribution in [1.29, 1.82) is 5.26 Å². The minimum absolute atomic E-state index is 0.165. The molecule has 4 heteroatoms. The third-order valence-corrected chi connectivity index (χ3v) is 2.61. The number of hydrogen-bond acceptors (Lipinski definition) is 4. The van der Waals surface area contributed by atoms with Crippen LogP contribution in [0.15, 0.2) is 0 Å². The van der Waals surface area contributed by atoms with E-state index in [4.69, 9.17) is 14.7 Å². The second-order valence-corrected chi connectivity index (χ2v) is 4.74. The minimum Gasteiger partial charge on any atom is -0.379 e. The molecular weight excluding hydrogens is 204 g/mol. The van der Waals surface area contributed by atoms with Crippen LogP contribution in [0.3, 0.4) is 0 Å². The lowest BCUT2D eigenvalue weighted by Crippen LogP contribution is -2.45. The van der Waals surface area contributed by atoms with E-state index in [-0.39, 0.29) is 5.60 Å². The average Bonchev–Trinajstić information content (AvgIpc) is 2.25. The van der Waals surface area contributed by atoms with Crippen LogP contribution < -0.4 is 5.32 Å². The number of hydrogen-bond donors (Lipinski definition) is 1. The Bertz CT molecular complexity index is 236. The standard InChI is InChI=1S/C12H24N2O2/c1-6-14-12(4,9-13)10-16-8-7-11(2,3)15-5/h14H,6-8,10H2,1-5H3. The summed E-state index contributed by atoms with van der Waals surface area (Å²) in [7, 11) is 1.69. The van der Waals surface area contributed by atoms with Crippen molar-refractivity contribution in [3.63, 3.8) is 0 Å². The number of ether oxygens (including phenoxy) is 2. The first-order valence-electron chi connectivity index (χ1n) is 5.68. The van der Waals surface area contributed by atoms with Gasteiger partial charge >= 0.3 is 0 Å². The molecule has 0 bridgehead atoms. The zero-order valence-corrected chi connectivity index (χ0v) is 11.1. The fraction of sp³-hybridized carbons (Fsp3) is 0.917. The summed E-state index contributed by atoms with van der Waals surface area (Å²) in [6, 6.07) is 2.22. The summed E-state index contributed by atoms with van der Waals surface area (Å²) in [4.78, 5) is 0. The summed E-state index contributed by atoms with van der Waals surface area (Å²) in [5, 5.41) is 12.1. The number of nitrogens with zero attached hydrogens (tertiary/aromatic N) is 1. The van der Waals surface area contributed by atoms with Gasteiger partial charge in [0.2, 0.25) is 0 Å². The Morgan fingerprint density at radius 2 is 1.94 bits per heavy atom. The van der Waals surface area contributed by atoms with Gasteiger partial charge in [-0.15, -0.1) is 0 Å². The SMILES string of the molecule is CCNC(C)(C#N)COCCC(C)(C)OC. The normalized spacial score (nSPS) is 15.5. The number of nitrogens with one attached hydrogen (secondary N) is 1. The molecule has 94 valence electrons. The van der Waals surface area contributed by atoms with Crippen LogP contribution in [0.25, 0.3) is 0 Å². The summed E-state index contributed by atoms with van der Waals surface area (Å²) < 4.78 is 10.8. The molecule has 0 aromatic rings. The lowest BCUT2D eigenvalue weighted by atomic mass is 10.1. The maximum atomic E-state index is 9.00. The molecule has 4 nitrogen and oxygen atoms in total. The molecule has 0 rings (SSSR count). The Balaban J connectivity index is 3.85. The monoisotopic (exact) mass is 228 g/mol. The summed E-state index contributed by atoms with van der Waals surface area (Å²) in [5.41, 5.74) is -0.757. The van der Waals surface area contributed by atoms with Crippen molar-refractivity contribution in [1.82, 2.24) is 5.32 Å². The van der Waals surface area contributed by atoms with E-state index in [1.807, 2.05) is 27.7 Å². The number of nitriles is 1. The van der Waals surface area contributed by atoms with E-state index in [9.17, 15) is 0 Å². The number of methoxy groups -OCH3 is 1. The molecule has 0 heterocycles. The molecule has 0 saturated carbocycles. The van der Waals surface area contributed by atoms with Gasteiger partial charge in [-0.1, -0.05) is 6.92 Å². The van der Waals surface area contributed by atoms with Crippen molar-refractivity contribution in [2.75, 3.05) is 26.9 Å². The highest BCUT2D eigenvalue weighted by molar-refractivity contribution is 5.03. The van der Waals surface area contributed by atoms with Gasteiger partial charge in [-0.2, -0.15) is 5.26 Å². The lowest BCUT2D eigenvalue weighted by Gasteiger charge is -2.25. The van der Waals surface area contributed by atoms with Gasteiger partial charge in [0.05, 0.1) is 18.3 Å². The predicted molar refractivity (Wildman–Crippen MR) is 64.2 cm³/mol. The summed E-state index contributed by atoms with van der Waals surface area (Å²) >= 11 is 0. The molecule has 0 saturated heterocycles. The molecule has 0 radical (unpaired) electrons. The maximum Gasteiger partial charge on any atom is 0.127 e. The quantitative estimate of drug-likeness (QED) is 0.643. The van der Waals surface area contributed by atoms with Gasteiger partial charge in [0.1, 0.15) is 5.54 Å². The third kappa shape index (κ3) is 6.06. The first-order valence-corrected chi connectivity index (χ1v) is 5.68. The van der Waals surface area contributed by atoms with Crippen molar-refractivity contribution in [3.05, 3.63) is 0 Å². The van der Waals surface area contributed by atoms with Crippen LogP contribution in [0, 0.1) is 11.3 Å². The van der Waals surface area contributed by atoms with Crippen molar-refractivity contribution in [2.45, 2.75) is 45.3 Å². The van der Waals surface area contributed by atoms with Crippen molar-refractivity contribution in [2.24, 2.45) is 0 Å². The molecule has 0 aliphatic rings. The lowest BCUT2D eigenvalue weighted by molar-refractivity contribution is -0.0145. The van der Waals surface area contributed by atoms with Crippen LogP contribution in [-0.2, 0) is 9.47 Å². The van der Waals surface area contributed by atoms with Gasteiger partial charge in [-0.3, -0.25) is 5.32 Å². The van der Waals surface area contributed by atoms with Gasteiger partial charge in [-0.05, 0) is 33.7 Å². The van der Waals surface area contributed by atoms with E-state index >= 15 is 0 Å².